The predicted octanol–water partition coefficient (Wildman–Crippen LogP) is 1.61. The Kier molecular flexibility index (Phi) is 4.62. The zero-order valence-electron chi connectivity index (χ0n) is 10.5. The molecule has 2 rings (SSSR count). The summed E-state index contributed by atoms with van der Waals surface area (Å²) in [5, 5.41) is 0. The van der Waals surface area contributed by atoms with Crippen LogP contribution in [-0.4, -0.2) is 43.8 Å². The first-order valence-electron chi connectivity index (χ1n) is 6.81. The second kappa shape index (κ2) is 5.99. The van der Waals surface area contributed by atoms with Gasteiger partial charge in [0.05, 0.1) is 0 Å². The number of hydrogen-bond acceptors (Lipinski definition) is 3. The molecule has 0 radical (unpaired) electrons. The Morgan fingerprint density at radius 1 is 1.12 bits per heavy atom. The first kappa shape index (κ1) is 12.3. The van der Waals surface area contributed by atoms with Gasteiger partial charge in [0.1, 0.15) is 0 Å². The third-order valence-corrected chi connectivity index (χ3v) is 4.30. The zero-order chi connectivity index (χ0) is 11.4. The Bertz CT molecular complexity index is 204. The minimum absolute atomic E-state index is 0.441. The van der Waals surface area contributed by atoms with Crippen LogP contribution in [0, 0.1) is 5.92 Å². The van der Waals surface area contributed by atoms with Gasteiger partial charge in [-0.25, -0.2) is 0 Å². The van der Waals surface area contributed by atoms with Gasteiger partial charge < -0.3 is 15.4 Å². The molecule has 2 fully saturated rings. The molecule has 16 heavy (non-hydrogen) atoms. The summed E-state index contributed by atoms with van der Waals surface area (Å²) in [6.07, 6.45) is 7.65. The van der Waals surface area contributed by atoms with Crippen molar-refractivity contribution >= 4 is 0 Å². The molecule has 0 bridgehead atoms. The summed E-state index contributed by atoms with van der Waals surface area (Å²) in [6.45, 7) is 3.06. The van der Waals surface area contributed by atoms with Gasteiger partial charge in [-0.3, -0.25) is 0 Å². The first-order chi connectivity index (χ1) is 7.77. The molecule has 94 valence electrons. The Hall–Kier alpha value is -0.120. The molecule has 2 aliphatic rings. The van der Waals surface area contributed by atoms with Crippen molar-refractivity contribution in [1.82, 2.24) is 4.90 Å². The lowest BCUT2D eigenvalue weighted by Crippen LogP contribution is -2.44. The Morgan fingerprint density at radius 3 is 2.50 bits per heavy atom. The van der Waals surface area contributed by atoms with Crippen molar-refractivity contribution < 1.29 is 4.74 Å². The smallest absolute Gasteiger partial charge is 0.0480 e. The second-order valence-corrected chi connectivity index (χ2v) is 5.49. The van der Waals surface area contributed by atoms with E-state index in [9.17, 15) is 0 Å². The summed E-state index contributed by atoms with van der Waals surface area (Å²) in [7, 11) is 2.26. The Labute approximate surface area is 99.3 Å². The predicted molar refractivity (Wildman–Crippen MR) is 66.4 cm³/mol. The highest BCUT2D eigenvalue weighted by atomic mass is 16.5. The van der Waals surface area contributed by atoms with E-state index in [1.807, 2.05) is 0 Å². The lowest BCUT2D eigenvalue weighted by molar-refractivity contribution is 0.0349. The molecule has 1 heterocycles. The van der Waals surface area contributed by atoms with Crippen LogP contribution in [0.5, 0.6) is 0 Å². The van der Waals surface area contributed by atoms with Gasteiger partial charge in [-0.15, -0.1) is 0 Å². The van der Waals surface area contributed by atoms with Crippen molar-refractivity contribution in [3.8, 4) is 0 Å². The van der Waals surface area contributed by atoms with E-state index in [2.05, 4.69) is 11.9 Å². The average molecular weight is 226 g/mol. The summed E-state index contributed by atoms with van der Waals surface area (Å²) < 4.78 is 5.41. The first-order valence-corrected chi connectivity index (χ1v) is 6.81. The Morgan fingerprint density at radius 2 is 1.81 bits per heavy atom. The van der Waals surface area contributed by atoms with Crippen molar-refractivity contribution in [2.45, 2.75) is 50.6 Å². The largest absolute Gasteiger partial charge is 0.381 e. The van der Waals surface area contributed by atoms with Crippen LogP contribution in [0.3, 0.4) is 0 Å². The molecule has 0 aromatic heterocycles. The summed E-state index contributed by atoms with van der Waals surface area (Å²) in [6, 6.07) is 1.17. The van der Waals surface area contributed by atoms with E-state index in [0.717, 1.165) is 25.2 Å². The monoisotopic (exact) mass is 226 g/mol. The summed E-state index contributed by atoms with van der Waals surface area (Å²) in [5.74, 6) is 0.724. The van der Waals surface area contributed by atoms with Crippen LogP contribution in [0.15, 0.2) is 0 Å². The summed E-state index contributed by atoms with van der Waals surface area (Å²) in [4.78, 5) is 2.53. The highest BCUT2D eigenvalue weighted by Gasteiger charge is 2.26. The van der Waals surface area contributed by atoms with E-state index in [1.54, 1.807) is 0 Å². The SMILES string of the molecule is CN(CC1CCCCC1N)C1CCOCC1. The molecular weight excluding hydrogens is 200 g/mol. The van der Waals surface area contributed by atoms with E-state index in [1.165, 1.54) is 45.1 Å². The molecule has 3 heteroatoms. The lowest BCUT2D eigenvalue weighted by atomic mass is 9.84. The molecule has 1 aliphatic heterocycles. The fourth-order valence-corrected chi connectivity index (χ4v) is 3.11. The van der Waals surface area contributed by atoms with Crippen LogP contribution in [0.4, 0.5) is 0 Å². The fraction of sp³-hybridized carbons (Fsp3) is 1.00. The quantitative estimate of drug-likeness (QED) is 0.794. The van der Waals surface area contributed by atoms with Crippen LogP contribution in [0.1, 0.15) is 38.5 Å². The highest BCUT2D eigenvalue weighted by Crippen LogP contribution is 2.25. The molecule has 3 nitrogen and oxygen atoms in total. The Balaban J connectivity index is 1.78. The maximum atomic E-state index is 6.21. The molecule has 0 aromatic rings. The van der Waals surface area contributed by atoms with E-state index < -0.39 is 0 Å². The molecule has 0 aromatic carbocycles. The molecular formula is C13H26N2O. The fourth-order valence-electron chi connectivity index (χ4n) is 3.11. The normalized spacial score (nSPS) is 33.2. The van der Waals surface area contributed by atoms with Crippen LogP contribution >= 0.6 is 0 Å². The zero-order valence-corrected chi connectivity index (χ0v) is 10.5. The molecule has 0 amide bonds. The molecule has 1 saturated heterocycles. The minimum atomic E-state index is 0.441. The van der Waals surface area contributed by atoms with Crippen LogP contribution in [0.25, 0.3) is 0 Å². The topological polar surface area (TPSA) is 38.5 Å². The minimum Gasteiger partial charge on any atom is -0.381 e. The average Bonchev–Trinajstić information content (AvgIpc) is 2.33. The van der Waals surface area contributed by atoms with Crippen molar-refractivity contribution in [2.75, 3.05) is 26.8 Å². The van der Waals surface area contributed by atoms with Gasteiger partial charge >= 0.3 is 0 Å². The maximum absolute atomic E-state index is 6.21. The van der Waals surface area contributed by atoms with Crippen LogP contribution in [-0.2, 0) is 4.74 Å². The van der Waals surface area contributed by atoms with E-state index >= 15 is 0 Å². The molecule has 1 aliphatic carbocycles. The third-order valence-electron chi connectivity index (χ3n) is 4.30. The van der Waals surface area contributed by atoms with Crippen molar-refractivity contribution in [3.63, 3.8) is 0 Å². The van der Waals surface area contributed by atoms with Crippen molar-refractivity contribution in [2.24, 2.45) is 11.7 Å². The van der Waals surface area contributed by atoms with Crippen molar-refractivity contribution in [1.29, 1.82) is 0 Å². The maximum Gasteiger partial charge on any atom is 0.0480 e. The molecule has 2 N–H and O–H groups in total. The number of nitrogens with two attached hydrogens (primary N) is 1. The van der Waals surface area contributed by atoms with Crippen molar-refractivity contribution in [3.05, 3.63) is 0 Å². The van der Waals surface area contributed by atoms with Gasteiger partial charge in [0.15, 0.2) is 0 Å². The number of hydrogen-bond donors (Lipinski definition) is 1. The van der Waals surface area contributed by atoms with Crippen LogP contribution in [0.2, 0.25) is 0 Å². The summed E-state index contributed by atoms with van der Waals surface area (Å²) >= 11 is 0. The standard InChI is InChI=1S/C13H26N2O/c1-15(12-6-8-16-9-7-12)10-11-4-2-3-5-13(11)14/h11-13H,2-10,14H2,1H3. The number of ether oxygens (including phenoxy) is 1. The second-order valence-electron chi connectivity index (χ2n) is 5.49. The lowest BCUT2D eigenvalue weighted by Gasteiger charge is -2.37. The summed E-state index contributed by atoms with van der Waals surface area (Å²) in [5.41, 5.74) is 6.21. The number of rotatable bonds is 3. The van der Waals surface area contributed by atoms with Gasteiger partial charge in [0, 0.05) is 31.8 Å². The molecule has 2 atom stereocenters. The highest BCUT2D eigenvalue weighted by molar-refractivity contribution is 4.82. The molecule has 1 saturated carbocycles. The van der Waals surface area contributed by atoms with Gasteiger partial charge in [-0.1, -0.05) is 12.8 Å². The molecule has 0 spiro atoms. The number of nitrogens with zero attached hydrogens (tertiary/aromatic N) is 1. The van der Waals surface area contributed by atoms with E-state index in [4.69, 9.17) is 10.5 Å². The van der Waals surface area contributed by atoms with E-state index in [-0.39, 0.29) is 0 Å². The van der Waals surface area contributed by atoms with Gasteiger partial charge in [0.2, 0.25) is 0 Å². The van der Waals surface area contributed by atoms with E-state index in [0.29, 0.717) is 6.04 Å². The van der Waals surface area contributed by atoms with Gasteiger partial charge in [-0.2, -0.15) is 0 Å². The van der Waals surface area contributed by atoms with Gasteiger partial charge in [-0.05, 0) is 38.6 Å². The van der Waals surface area contributed by atoms with Crippen LogP contribution < -0.4 is 5.73 Å². The third kappa shape index (κ3) is 3.19. The van der Waals surface area contributed by atoms with Gasteiger partial charge in [0.25, 0.3) is 0 Å². The molecule has 2 unspecified atom stereocenters.